The first-order valence-corrected chi connectivity index (χ1v) is 7.90. The van der Waals surface area contributed by atoms with E-state index in [1.165, 1.54) is 11.6 Å². The fourth-order valence-corrected chi connectivity index (χ4v) is 2.52. The Morgan fingerprint density at radius 2 is 1.68 bits per heavy atom. The molecule has 0 bridgehead atoms. The predicted octanol–water partition coefficient (Wildman–Crippen LogP) is 4.11. The van der Waals surface area contributed by atoms with Crippen molar-refractivity contribution in [1.82, 2.24) is 0 Å². The minimum Gasteiger partial charge on any atom is -0.493 e. The van der Waals surface area contributed by atoms with Crippen LogP contribution >= 0.6 is 0 Å². The van der Waals surface area contributed by atoms with E-state index in [-0.39, 0.29) is 0 Å². The summed E-state index contributed by atoms with van der Waals surface area (Å²) in [7, 11) is 1.56. The molecule has 0 aliphatic carbocycles. The molecule has 3 aromatic rings. The summed E-state index contributed by atoms with van der Waals surface area (Å²) in [5.41, 5.74) is 0.721. The lowest BCUT2D eigenvalue weighted by Crippen LogP contribution is -2.09. The van der Waals surface area contributed by atoms with Crippen LogP contribution in [0.25, 0.3) is 10.8 Å². The SMILES string of the molecule is COc1cc(C=NO)ccc1OCCOc1ccc2ccccc2c1. The zero-order valence-electron chi connectivity index (χ0n) is 13.9. The fourth-order valence-electron chi connectivity index (χ4n) is 2.52. The number of methoxy groups -OCH3 is 1. The molecule has 1 N–H and O–H groups in total. The molecule has 0 fully saturated rings. The van der Waals surface area contributed by atoms with Crippen molar-refractivity contribution in [3.8, 4) is 17.2 Å². The van der Waals surface area contributed by atoms with Gasteiger partial charge in [0.05, 0.1) is 13.3 Å². The van der Waals surface area contributed by atoms with Crippen LogP contribution in [0.4, 0.5) is 0 Å². The minimum atomic E-state index is 0.386. The average molecular weight is 337 g/mol. The zero-order chi connectivity index (χ0) is 17.5. The molecule has 128 valence electrons. The summed E-state index contributed by atoms with van der Waals surface area (Å²) in [6, 6.07) is 19.4. The molecule has 0 heterocycles. The lowest BCUT2D eigenvalue weighted by molar-refractivity contribution is 0.211. The lowest BCUT2D eigenvalue weighted by Gasteiger charge is -2.12. The summed E-state index contributed by atoms with van der Waals surface area (Å²) < 4.78 is 16.8. The fraction of sp³-hybridized carbons (Fsp3) is 0.150. The van der Waals surface area contributed by atoms with Gasteiger partial charge in [0, 0.05) is 5.56 Å². The third kappa shape index (κ3) is 4.20. The minimum absolute atomic E-state index is 0.386. The number of benzene rings is 3. The van der Waals surface area contributed by atoms with E-state index in [0.717, 1.165) is 16.7 Å². The molecule has 0 amide bonds. The Morgan fingerprint density at radius 1 is 0.880 bits per heavy atom. The molecular formula is C20H19NO4. The first kappa shape index (κ1) is 16.6. The smallest absolute Gasteiger partial charge is 0.161 e. The van der Waals surface area contributed by atoms with Gasteiger partial charge in [-0.25, -0.2) is 0 Å². The van der Waals surface area contributed by atoms with Gasteiger partial charge >= 0.3 is 0 Å². The maximum atomic E-state index is 8.58. The number of fused-ring (bicyclic) bond motifs is 1. The molecular weight excluding hydrogens is 318 g/mol. The molecule has 0 aliphatic heterocycles. The average Bonchev–Trinajstić information content (AvgIpc) is 2.66. The van der Waals surface area contributed by atoms with Crippen molar-refractivity contribution < 1.29 is 19.4 Å². The van der Waals surface area contributed by atoms with Crippen molar-refractivity contribution in [2.45, 2.75) is 0 Å². The van der Waals surface area contributed by atoms with Crippen molar-refractivity contribution in [2.24, 2.45) is 5.16 Å². The molecule has 0 aliphatic rings. The van der Waals surface area contributed by atoms with Crippen LogP contribution in [0, 0.1) is 0 Å². The quantitative estimate of drug-likeness (QED) is 0.305. The molecule has 0 aromatic heterocycles. The van der Waals surface area contributed by atoms with Crippen molar-refractivity contribution in [2.75, 3.05) is 20.3 Å². The van der Waals surface area contributed by atoms with Crippen molar-refractivity contribution in [3.63, 3.8) is 0 Å². The van der Waals surface area contributed by atoms with Gasteiger partial charge in [-0.1, -0.05) is 35.5 Å². The van der Waals surface area contributed by atoms with Crippen molar-refractivity contribution >= 4 is 17.0 Å². The van der Waals surface area contributed by atoms with E-state index in [4.69, 9.17) is 19.4 Å². The molecule has 0 atom stereocenters. The van der Waals surface area contributed by atoms with Gasteiger partial charge < -0.3 is 19.4 Å². The van der Waals surface area contributed by atoms with Gasteiger partial charge in [0.25, 0.3) is 0 Å². The second kappa shape index (κ2) is 8.06. The third-order valence-corrected chi connectivity index (χ3v) is 3.73. The first-order valence-electron chi connectivity index (χ1n) is 7.90. The van der Waals surface area contributed by atoms with Crippen LogP contribution in [0.5, 0.6) is 17.2 Å². The number of rotatable bonds is 7. The van der Waals surface area contributed by atoms with E-state index in [2.05, 4.69) is 17.3 Å². The van der Waals surface area contributed by atoms with Crippen LogP contribution in [0.3, 0.4) is 0 Å². The van der Waals surface area contributed by atoms with E-state index in [9.17, 15) is 0 Å². The number of ether oxygens (including phenoxy) is 3. The van der Waals surface area contributed by atoms with Gasteiger partial charge in [0.1, 0.15) is 19.0 Å². The Labute approximate surface area is 146 Å². The monoisotopic (exact) mass is 337 g/mol. The Balaban J connectivity index is 1.57. The number of hydrogen-bond donors (Lipinski definition) is 1. The lowest BCUT2D eigenvalue weighted by atomic mass is 10.1. The van der Waals surface area contributed by atoms with Gasteiger partial charge in [-0.05, 0) is 41.1 Å². The molecule has 0 unspecified atom stereocenters. The van der Waals surface area contributed by atoms with E-state index < -0.39 is 0 Å². The van der Waals surface area contributed by atoms with Crippen molar-refractivity contribution in [1.29, 1.82) is 0 Å². The Kier molecular flexibility index (Phi) is 5.36. The van der Waals surface area contributed by atoms with Gasteiger partial charge in [-0.2, -0.15) is 0 Å². The largest absolute Gasteiger partial charge is 0.493 e. The highest BCUT2D eigenvalue weighted by atomic mass is 16.5. The predicted molar refractivity (Wildman–Crippen MR) is 97.3 cm³/mol. The second-order valence-corrected chi connectivity index (χ2v) is 5.36. The molecule has 25 heavy (non-hydrogen) atoms. The van der Waals surface area contributed by atoms with Gasteiger partial charge in [-0.15, -0.1) is 0 Å². The summed E-state index contributed by atoms with van der Waals surface area (Å²) in [6.45, 7) is 0.804. The molecule has 3 aromatic carbocycles. The second-order valence-electron chi connectivity index (χ2n) is 5.36. The molecule has 5 nitrogen and oxygen atoms in total. The number of hydrogen-bond acceptors (Lipinski definition) is 5. The number of nitrogens with zero attached hydrogens (tertiary/aromatic N) is 1. The Morgan fingerprint density at radius 3 is 2.48 bits per heavy atom. The maximum absolute atomic E-state index is 8.58. The highest BCUT2D eigenvalue weighted by Gasteiger charge is 2.05. The molecule has 0 spiro atoms. The molecule has 5 heteroatoms. The molecule has 0 radical (unpaired) electrons. The summed E-state index contributed by atoms with van der Waals surface area (Å²) in [5.74, 6) is 1.99. The topological polar surface area (TPSA) is 60.3 Å². The van der Waals surface area contributed by atoms with Crippen LogP contribution in [-0.4, -0.2) is 31.7 Å². The number of oxime groups is 1. The normalized spacial score (nSPS) is 10.9. The Bertz CT molecular complexity index is 876. The van der Waals surface area contributed by atoms with Gasteiger partial charge in [0.15, 0.2) is 11.5 Å². The van der Waals surface area contributed by atoms with E-state index >= 15 is 0 Å². The van der Waals surface area contributed by atoms with Crippen LogP contribution in [0.1, 0.15) is 5.56 Å². The van der Waals surface area contributed by atoms with Crippen molar-refractivity contribution in [3.05, 3.63) is 66.2 Å². The summed E-state index contributed by atoms with van der Waals surface area (Å²) in [6.07, 6.45) is 1.33. The molecule has 0 saturated carbocycles. The van der Waals surface area contributed by atoms with E-state index in [0.29, 0.717) is 24.7 Å². The van der Waals surface area contributed by atoms with Crippen LogP contribution in [0.2, 0.25) is 0 Å². The zero-order valence-corrected chi connectivity index (χ0v) is 13.9. The van der Waals surface area contributed by atoms with Crippen LogP contribution in [0.15, 0.2) is 65.8 Å². The summed E-state index contributed by atoms with van der Waals surface area (Å²) >= 11 is 0. The van der Waals surface area contributed by atoms with Gasteiger partial charge in [0.2, 0.25) is 0 Å². The highest BCUT2D eigenvalue weighted by molar-refractivity contribution is 5.83. The summed E-state index contributed by atoms with van der Waals surface area (Å²) in [4.78, 5) is 0. The van der Waals surface area contributed by atoms with E-state index in [1.54, 1.807) is 25.3 Å². The third-order valence-electron chi connectivity index (χ3n) is 3.73. The summed E-state index contributed by atoms with van der Waals surface area (Å²) in [5, 5.41) is 13.9. The maximum Gasteiger partial charge on any atom is 0.161 e. The highest BCUT2D eigenvalue weighted by Crippen LogP contribution is 2.27. The van der Waals surface area contributed by atoms with Crippen LogP contribution in [-0.2, 0) is 0 Å². The Hall–Kier alpha value is -3.21. The van der Waals surface area contributed by atoms with E-state index in [1.807, 2.05) is 30.3 Å². The van der Waals surface area contributed by atoms with Crippen LogP contribution < -0.4 is 14.2 Å². The molecule has 3 rings (SSSR count). The van der Waals surface area contributed by atoms with Gasteiger partial charge in [-0.3, -0.25) is 0 Å². The standard InChI is InChI=1S/C20H19NO4/c1-23-20-12-15(14-21-22)6-9-19(20)25-11-10-24-18-8-7-16-4-2-3-5-17(16)13-18/h2-9,12-14,22H,10-11H2,1H3. The first-order chi connectivity index (χ1) is 12.3. The molecule has 0 saturated heterocycles.